The maximum Gasteiger partial charge on any atom is 0.242 e. The molecule has 150 valence electrons. The van der Waals surface area contributed by atoms with Crippen molar-refractivity contribution in [2.75, 3.05) is 0 Å². The third-order valence-electron chi connectivity index (χ3n) is 4.20. The minimum absolute atomic E-state index is 0.0202. The highest BCUT2D eigenvalue weighted by molar-refractivity contribution is 6.42. The fraction of sp³-hybridized carbons (Fsp3) is 0.333. The van der Waals surface area contributed by atoms with E-state index in [0.29, 0.717) is 15.1 Å². The van der Waals surface area contributed by atoms with E-state index in [0.717, 1.165) is 11.1 Å². The van der Waals surface area contributed by atoms with E-state index in [-0.39, 0.29) is 30.8 Å². The van der Waals surface area contributed by atoms with Gasteiger partial charge in [0.25, 0.3) is 0 Å². The Bertz CT molecular complexity index is 838. The van der Waals surface area contributed by atoms with Crippen molar-refractivity contribution in [3.05, 3.63) is 68.7 Å². The second-order valence-electron chi connectivity index (χ2n) is 6.91. The van der Waals surface area contributed by atoms with E-state index in [1.165, 1.54) is 0 Å². The molecule has 0 aromatic heterocycles. The molecule has 4 nitrogen and oxygen atoms in total. The molecule has 2 amide bonds. The van der Waals surface area contributed by atoms with Gasteiger partial charge in [-0.2, -0.15) is 0 Å². The van der Waals surface area contributed by atoms with Gasteiger partial charge < -0.3 is 10.2 Å². The van der Waals surface area contributed by atoms with Crippen LogP contribution in [0, 0.1) is 0 Å². The Kier molecular flexibility index (Phi) is 8.17. The predicted molar refractivity (Wildman–Crippen MR) is 115 cm³/mol. The standard InChI is InChI=1S/C21H23Cl3N2O2/c1-13(2)25-21(28)14(3)26(12-16-6-9-18(23)19(24)10-16)20(27)11-15-4-7-17(22)8-5-15/h4-10,13-14H,11-12H2,1-3H3,(H,25,28). The summed E-state index contributed by atoms with van der Waals surface area (Å²) in [6.07, 6.45) is 0.164. The third kappa shape index (κ3) is 6.40. The van der Waals surface area contributed by atoms with Crippen molar-refractivity contribution in [3.63, 3.8) is 0 Å². The SMILES string of the molecule is CC(C)NC(=O)C(C)N(Cc1ccc(Cl)c(Cl)c1)C(=O)Cc1ccc(Cl)cc1. The molecule has 0 bridgehead atoms. The first-order valence-corrected chi connectivity index (χ1v) is 10.1. The molecule has 0 radical (unpaired) electrons. The van der Waals surface area contributed by atoms with Gasteiger partial charge in [0, 0.05) is 17.6 Å². The first-order valence-electron chi connectivity index (χ1n) is 8.95. The monoisotopic (exact) mass is 440 g/mol. The Morgan fingerprint density at radius 2 is 1.54 bits per heavy atom. The predicted octanol–water partition coefficient (Wildman–Crippen LogP) is 5.13. The molecular formula is C21H23Cl3N2O2. The second-order valence-corrected chi connectivity index (χ2v) is 8.16. The van der Waals surface area contributed by atoms with Crippen LogP contribution in [0.1, 0.15) is 31.9 Å². The number of benzene rings is 2. The van der Waals surface area contributed by atoms with E-state index in [2.05, 4.69) is 5.32 Å². The topological polar surface area (TPSA) is 49.4 Å². The van der Waals surface area contributed by atoms with Crippen LogP contribution < -0.4 is 5.32 Å². The summed E-state index contributed by atoms with van der Waals surface area (Å²) in [4.78, 5) is 27.1. The lowest BCUT2D eigenvalue weighted by atomic mass is 10.1. The number of rotatable bonds is 7. The Hall–Kier alpha value is -1.75. The van der Waals surface area contributed by atoms with Crippen LogP contribution in [0.5, 0.6) is 0 Å². The Balaban J connectivity index is 2.25. The molecule has 0 aliphatic heterocycles. The average molecular weight is 442 g/mol. The zero-order valence-corrected chi connectivity index (χ0v) is 18.3. The number of carbonyl (C=O) groups is 2. The van der Waals surface area contributed by atoms with Crippen molar-refractivity contribution >= 4 is 46.6 Å². The highest BCUT2D eigenvalue weighted by Crippen LogP contribution is 2.24. The van der Waals surface area contributed by atoms with Gasteiger partial charge in [-0.3, -0.25) is 9.59 Å². The molecule has 0 spiro atoms. The van der Waals surface area contributed by atoms with Gasteiger partial charge in [0.1, 0.15) is 6.04 Å². The molecule has 0 aliphatic rings. The van der Waals surface area contributed by atoms with Gasteiger partial charge in [-0.05, 0) is 56.2 Å². The van der Waals surface area contributed by atoms with Gasteiger partial charge in [-0.25, -0.2) is 0 Å². The van der Waals surface area contributed by atoms with E-state index >= 15 is 0 Å². The third-order valence-corrected chi connectivity index (χ3v) is 5.19. The van der Waals surface area contributed by atoms with E-state index in [1.54, 1.807) is 54.3 Å². The Morgan fingerprint density at radius 1 is 0.929 bits per heavy atom. The molecule has 0 fully saturated rings. The molecule has 1 unspecified atom stereocenters. The number of hydrogen-bond donors (Lipinski definition) is 1. The molecule has 0 heterocycles. The van der Waals surface area contributed by atoms with Crippen LogP contribution in [0.3, 0.4) is 0 Å². The van der Waals surface area contributed by atoms with Crippen LogP contribution in [0.2, 0.25) is 15.1 Å². The summed E-state index contributed by atoms with van der Waals surface area (Å²) in [7, 11) is 0. The molecule has 0 saturated heterocycles. The minimum atomic E-state index is -0.642. The van der Waals surface area contributed by atoms with Crippen molar-refractivity contribution in [1.29, 1.82) is 0 Å². The summed E-state index contributed by atoms with van der Waals surface area (Å²) in [6.45, 7) is 5.72. The molecular weight excluding hydrogens is 419 g/mol. The highest BCUT2D eigenvalue weighted by atomic mass is 35.5. The molecule has 7 heteroatoms. The molecule has 2 aromatic rings. The lowest BCUT2D eigenvalue weighted by Crippen LogP contribution is -2.49. The summed E-state index contributed by atoms with van der Waals surface area (Å²) in [5, 5.41) is 4.31. The van der Waals surface area contributed by atoms with E-state index < -0.39 is 6.04 Å². The van der Waals surface area contributed by atoms with Crippen LogP contribution in [-0.2, 0) is 22.6 Å². The number of carbonyl (C=O) groups excluding carboxylic acids is 2. The fourth-order valence-corrected chi connectivity index (χ4v) is 3.15. The van der Waals surface area contributed by atoms with Crippen LogP contribution in [0.15, 0.2) is 42.5 Å². The minimum Gasteiger partial charge on any atom is -0.352 e. The lowest BCUT2D eigenvalue weighted by Gasteiger charge is -2.29. The highest BCUT2D eigenvalue weighted by Gasteiger charge is 2.26. The largest absolute Gasteiger partial charge is 0.352 e. The van der Waals surface area contributed by atoms with Crippen molar-refractivity contribution < 1.29 is 9.59 Å². The van der Waals surface area contributed by atoms with Gasteiger partial charge in [-0.15, -0.1) is 0 Å². The van der Waals surface area contributed by atoms with Crippen LogP contribution >= 0.6 is 34.8 Å². The van der Waals surface area contributed by atoms with Crippen molar-refractivity contribution in [2.45, 2.75) is 45.8 Å². The second kappa shape index (κ2) is 10.1. The smallest absolute Gasteiger partial charge is 0.242 e. The average Bonchev–Trinajstić information content (AvgIpc) is 2.63. The van der Waals surface area contributed by atoms with Crippen molar-refractivity contribution in [1.82, 2.24) is 10.2 Å². The summed E-state index contributed by atoms with van der Waals surface area (Å²) in [6, 6.07) is 11.6. The summed E-state index contributed by atoms with van der Waals surface area (Å²) in [5.41, 5.74) is 1.62. The lowest BCUT2D eigenvalue weighted by molar-refractivity contribution is -0.140. The zero-order chi connectivity index (χ0) is 20.8. The molecule has 1 N–H and O–H groups in total. The summed E-state index contributed by atoms with van der Waals surface area (Å²) < 4.78 is 0. The van der Waals surface area contributed by atoms with E-state index in [9.17, 15) is 9.59 Å². The van der Waals surface area contributed by atoms with E-state index in [1.807, 2.05) is 13.8 Å². The van der Waals surface area contributed by atoms with Gasteiger partial charge in [0.05, 0.1) is 16.5 Å². The normalized spacial score (nSPS) is 12.0. The first kappa shape index (κ1) is 22.5. The fourth-order valence-electron chi connectivity index (χ4n) is 2.70. The number of hydrogen-bond acceptors (Lipinski definition) is 2. The van der Waals surface area contributed by atoms with Gasteiger partial charge in [0.15, 0.2) is 0 Å². The van der Waals surface area contributed by atoms with Gasteiger partial charge in [-0.1, -0.05) is 53.0 Å². The first-order chi connectivity index (χ1) is 13.2. The van der Waals surface area contributed by atoms with Gasteiger partial charge in [0.2, 0.25) is 11.8 Å². The maximum absolute atomic E-state index is 13.0. The number of nitrogens with one attached hydrogen (secondary N) is 1. The quantitative estimate of drug-likeness (QED) is 0.647. The van der Waals surface area contributed by atoms with Crippen LogP contribution in [0.4, 0.5) is 0 Å². The molecule has 1 atom stereocenters. The maximum atomic E-state index is 13.0. The molecule has 2 aromatic carbocycles. The van der Waals surface area contributed by atoms with Gasteiger partial charge >= 0.3 is 0 Å². The number of amides is 2. The number of halogens is 3. The van der Waals surface area contributed by atoms with Crippen molar-refractivity contribution in [3.8, 4) is 0 Å². The van der Waals surface area contributed by atoms with Crippen LogP contribution in [-0.4, -0.2) is 28.8 Å². The molecule has 0 saturated carbocycles. The Morgan fingerprint density at radius 3 is 2.11 bits per heavy atom. The molecule has 0 aliphatic carbocycles. The molecule has 28 heavy (non-hydrogen) atoms. The summed E-state index contributed by atoms with van der Waals surface area (Å²) >= 11 is 18.0. The molecule has 2 rings (SSSR count). The van der Waals surface area contributed by atoms with Crippen LogP contribution in [0.25, 0.3) is 0 Å². The Labute approximate surface area is 180 Å². The van der Waals surface area contributed by atoms with E-state index in [4.69, 9.17) is 34.8 Å². The number of nitrogens with zero attached hydrogens (tertiary/aromatic N) is 1. The van der Waals surface area contributed by atoms with Crippen molar-refractivity contribution in [2.24, 2.45) is 0 Å². The zero-order valence-electron chi connectivity index (χ0n) is 16.0. The summed E-state index contributed by atoms with van der Waals surface area (Å²) in [5.74, 6) is -0.376.